The Kier molecular flexibility index (Phi) is 9.72. The summed E-state index contributed by atoms with van der Waals surface area (Å²) in [4.78, 5) is 29.6. The van der Waals surface area contributed by atoms with Crippen molar-refractivity contribution in [3.63, 3.8) is 0 Å². The lowest BCUT2D eigenvalue weighted by atomic mass is 9.91. The molecule has 1 saturated heterocycles. The Morgan fingerprint density at radius 1 is 0.800 bits per heavy atom. The molecule has 6 rings (SSSR count). The van der Waals surface area contributed by atoms with E-state index in [0.717, 1.165) is 40.7 Å². The molecule has 6 atom stereocenters. The van der Waals surface area contributed by atoms with Crippen LogP contribution in [0.15, 0.2) is 115 Å². The molecule has 0 spiro atoms. The van der Waals surface area contributed by atoms with Crippen molar-refractivity contribution in [3.05, 3.63) is 143 Å². The minimum absolute atomic E-state index is 0.0326. The van der Waals surface area contributed by atoms with E-state index in [1.807, 2.05) is 95.9 Å². The third-order valence-corrected chi connectivity index (χ3v) is 9.43. The molecule has 6 heteroatoms. The fraction of sp³-hybridized carbons (Fsp3) is 0.333. The van der Waals surface area contributed by atoms with Gasteiger partial charge in [-0.2, -0.15) is 0 Å². The van der Waals surface area contributed by atoms with E-state index in [2.05, 4.69) is 29.6 Å². The Morgan fingerprint density at radius 3 is 2.04 bits per heavy atom. The topological polar surface area (TPSA) is 89.9 Å². The quantitative estimate of drug-likeness (QED) is 0.211. The highest BCUT2D eigenvalue weighted by Crippen LogP contribution is 2.33. The number of fused-ring (bicyclic) bond motifs is 1. The Balaban J connectivity index is 1.18. The van der Waals surface area contributed by atoms with Crippen molar-refractivity contribution < 1.29 is 19.8 Å². The SMILES string of the molecule is O=C(N[C@H]1c2ccccc2C[C@H]1O)[C@@H](Cc1ccccc1)C[C@H](O)CN1C(=O)[C@H](Cc2ccccc2)C[C@@H]1Cc1ccccc1. The number of rotatable bonds is 12. The van der Waals surface area contributed by atoms with E-state index in [0.29, 0.717) is 19.3 Å². The Morgan fingerprint density at radius 2 is 1.38 bits per heavy atom. The molecule has 1 heterocycles. The van der Waals surface area contributed by atoms with Gasteiger partial charge < -0.3 is 20.4 Å². The van der Waals surface area contributed by atoms with Crippen molar-refractivity contribution >= 4 is 11.8 Å². The molecule has 2 aliphatic rings. The van der Waals surface area contributed by atoms with Gasteiger partial charge >= 0.3 is 0 Å². The van der Waals surface area contributed by atoms with E-state index in [-0.39, 0.29) is 36.7 Å². The number of nitrogens with one attached hydrogen (secondary N) is 1. The fourth-order valence-electron chi connectivity index (χ4n) is 7.19. The Bertz CT molecular complexity index is 1560. The second-order valence-electron chi connectivity index (χ2n) is 12.7. The van der Waals surface area contributed by atoms with Gasteiger partial charge in [0.2, 0.25) is 11.8 Å². The van der Waals surface area contributed by atoms with Crippen LogP contribution in [0.3, 0.4) is 0 Å². The molecule has 0 radical (unpaired) electrons. The predicted molar refractivity (Wildman–Crippen MR) is 175 cm³/mol. The largest absolute Gasteiger partial charge is 0.391 e. The van der Waals surface area contributed by atoms with Crippen molar-refractivity contribution in [3.8, 4) is 0 Å². The van der Waals surface area contributed by atoms with Crippen LogP contribution >= 0.6 is 0 Å². The summed E-state index contributed by atoms with van der Waals surface area (Å²) in [6.45, 7) is 0.176. The highest BCUT2D eigenvalue weighted by molar-refractivity contribution is 5.82. The summed E-state index contributed by atoms with van der Waals surface area (Å²) in [6.07, 6.45) is 1.68. The zero-order chi connectivity index (χ0) is 31.2. The van der Waals surface area contributed by atoms with Gasteiger partial charge in [0, 0.05) is 30.8 Å². The number of benzene rings is 4. The molecule has 1 aliphatic heterocycles. The molecule has 3 N–H and O–H groups in total. The van der Waals surface area contributed by atoms with Gasteiger partial charge in [-0.15, -0.1) is 0 Å². The Labute approximate surface area is 265 Å². The van der Waals surface area contributed by atoms with Gasteiger partial charge in [-0.1, -0.05) is 115 Å². The molecule has 0 unspecified atom stereocenters. The van der Waals surface area contributed by atoms with Crippen LogP contribution in [0.5, 0.6) is 0 Å². The minimum atomic E-state index is -0.886. The maximum Gasteiger partial charge on any atom is 0.226 e. The first-order chi connectivity index (χ1) is 21.9. The third kappa shape index (κ3) is 7.52. The van der Waals surface area contributed by atoms with Crippen LogP contribution in [0.1, 0.15) is 46.7 Å². The molecule has 4 aromatic rings. The molecule has 0 aromatic heterocycles. The molecular weight excluding hydrogens is 560 g/mol. The molecule has 1 fully saturated rings. The lowest BCUT2D eigenvalue weighted by molar-refractivity contribution is -0.133. The molecule has 4 aromatic carbocycles. The normalized spacial score (nSPS) is 22.2. The first kappa shape index (κ1) is 30.8. The smallest absolute Gasteiger partial charge is 0.226 e. The second-order valence-corrected chi connectivity index (χ2v) is 12.7. The number of hydrogen-bond donors (Lipinski definition) is 3. The zero-order valence-corrected chi connectivity index (χ0v) is 25.5. The number of carbonyl (C=O) groups is 2. The van der Waals surface area contributed by atoms with Gasteiger partial charge in [-0.3, -0.25) is 9.59 Å². The molecule has 1 aliphatic carbocycles. The van der Waals surface area contributed by atoms with Crippen molar-refractivity contribution in [1.29, 1.82) is 0 Å². The van der Waals surface area contributed by atoms with E-state index >= 15 is 0 Å². The molecular formula is C39H42N2O4. The first-order valence-corrected chi connectivity index (χ1v) is 16.1. The van der Waals surface area contributed by atoms with Gasteiger partial charge in [-0.05, 0) is 59.9 Å². The summed E-state index contributed by atoms with van der Waals surface area (Å²) in [5.41, 5.74) is 5.27. The summed E-state index contributed by atoms with van der Waals surface area (Å²) >= 11 is 0. The van der Waals surface area contributed by atoms with E-state index < -0.39 is 24.2 Å². The number of β-amino-alcohol motifs (C(OH)–C–C–N with tert-alkyl or cyclic N) is 1. The summed E-state index contributed by atoms with van der Waals surface area (Å²) in [6, 6.07) is 37.4. The number of aliphatic hydroxyl groups is 2. The van der Waals surface area contributed by atoms with Gasteiger partial charge in [0.25, 0.3) is 0 Å². The van der Waals surface area contributed by atoms with Gasteiger partial charge in [-0.25, -0.2) is 0 Å². The van der Waals surface area contributed by atoms with Crippen LogP contribution in [0.25, 0.3) is 0 Å². The third-order valence-electron chi connectivity index (χ3n) is 9.43. The average molecular weight is 603 g/mol. The number of amides is 2. The highest BCUT2D eigenvalue weighted by atomic mass is 16.3. The van der Waals surface area contributed by atoms with Crippen LogP contribution in [-0.2, 0) is 35.3 Å². The van der Waals surface area contributed by atoms with Gasteiger partial charge in [0.05, 0.1) is 18.2 Å². The summed E-state index contributed by atoms with van der Waals surface area (Å²) < 4.78 is 0. The average Bonchev–Trinajstić information content (AvgIpc) is 3.52. The molecule has 6 nitrogen and oxygen atoms in total. The molecule has 0 saturated carbocycles. The number of nitrogens with zero attached hydrogens (tertiary/aromatic N) is 1. The monoisotopic (exact) mass is 602 g/mol. The predicted octanol–water partition coefficient (Wildman–Crippen LogP) is 5.07. The van der Waals surface area contributed by atoms with Crippen LogP contribution in [0, 0.1) is 11.8 Å². The lowest BCUT2D eigenvalue weighted by Crippen LogP contribution is -2.43. The molecule has 0 bridgehead atoms. The minimum Gasteiger partial charge on any atom is -0.391 e. The highest BCUT2D eigenvalue weighted by Gasteiger charge is 2.41. The van der Waals surface area contributed by atoms with E-state index in [1.165, 1.54) is 0 Å². The number of likely N-dealkylation sites (tertiary alicyclic amines) is 1. The van der Waals surface area contributed by atoms with Crippen molar-refractivity contribution in [2.75, 3.05) is 6.54 Å². The van der Waals surface area contributed by atoms with Gasteiger partial charge in [0.15, 0.2) is 0 Å². The van der Waals surface area contributed by atoms with Crippen molar-refractivity contribution in [1.82, 2.24) is 10.2 Å². The van der Waals surface area contributed by atoms with Crippen molar-refractivity contribution in [2.24, 2.45) is 11.8 Å². The van der Waals surface area contributed by atoms with Crippen LogP contribution < -0.4 is 5.32 Å². The molecule has 232 valence electrons. The first-order valence-electron chi connectivity index (χ1n) is 16.1. The van der Waals surface area contributed by atoms with Crippen LogP contribution in [0.4, 0.5) is 0 Å². The van der Waals surface area contributed by atoms with Crippen LogP contribution in [0.2, 0.25) is 0 Å². The van der Waals surface area contributed by atoms with Crippen molar-refractivity contribution in [2.45, 2.75) is 62.8 Å². The second kappa shape index (κ2) is 14.2. The lowest BCUT2D eigenvalue weighted by Gasteiger charge is -2.29. The van der Waals surface area contributed by atoms with Crippen LogP contribution in [-0.4, -0.2) is 51.7 Å². The number of carbonyl (C=O) groups excluding carboxylic acids is 2. The van der Waals surface area contributed by atoms with Gasteiger partial charge in [0.1, 0.15) is 0 Å². The zero-order valence-electron chi connectivity index (χ0n) is 25.5. The maximum atomic E-state index is 13.8. The van der Waals surface area contributed by atoms with E-state index in [9.17, 15) is 19.8 Å². The fourth-order valence-corrected chi connectivity index (χ4v) is 7.19. The number of aliphatic hydroxyl groups excluding tert-OH is 2. The summed E-state index contributed by atoms with van der Waals surface area (Å²) in [5, 5.41) is 25.4. The summed E-state index contributed by atoms with van der Waals surface area (Å²) in [7, 11) is 0. The van der Waals surface area contributed by atoms with E-state index in [4.69, 9.17) is 0 Å². The maximum absolute atomic E-state index is 13.8. The molecule has 2 amide bonds. The Hall–Kier alpha value is -4.26. The van der Waals surface area contributed by atoms with E-state index in [1.54, 1.807) is 0 Å². The molecule has 45 heavy (non-hydrogen) atoms. The number of hydrogen-bond acceptors (Lipinski definition) is 4. The standard InChI is InChI=1S/C39H42N2O4/c42-34(26-41-33(22-29-16-8-3-9-17-29)23-32(39(41)45)21-28-14-6-2-7-15-28)24-31(20-27-12-4-1-5-13-27)38(44)40-37-35-19-11-10-18-30(35)25-36(37)43/h1-19,31-34,36-37,42-43H,20-26H2,(H,40,44)/t31-,32+,33-,34-,36+,37-/m0/s1. The summed E-state index contributed by atoms with van der Waals surface area (Å²) in [5.74, 6) is -0.823.